The Bertz CT molecular complexity index is 473. The van der Waals surface area contributed by atoms with Crippen LogP contribution in [-0.2, 0) is 11.0 Å². The van der Waals surface area contributed by atoms with E-state index >= 15 is 0 Å². The van der Waals surface area contributed by atoms with Gasteiger partial charge in [-0.1, -0.05) is 0 Å². The highest BCUT2D eigenvalue weighted by Gasteiger charge is 2.36. The van der Waals surface area contributed by atoms with Crippen LogP contribution >= 0.6 is 0 Å². The van der Waals surface area contributed by atoms with E-state index in [2.05, 4.69) is 10.3 Å². The Morgan fingerprint density at radius 1 is 1.44 bits per heavy atom. The van der Waals surface area contributed by atoms with Crippen molar-refractivity contribution in [1.82, 2.24) is 10.3 Å². The van der Waals surface area contributed by atoms with Crippen LogP contribution < -0.4 is 11.1 Å². The van der Waals surface area contributed by atoms with Crippen LogP contribution in [0.2, 0.25) is 0 Å². The highest BCUT2D eigenvalue weighted by molar-refractivity contribution is 5.77. The SMILES string of the molecule is Nc1cc(C(F)(F)F)c([C@H]2CCNC(=O)C2)cn1. The minimum absolute atomic E-state index is 0.0477. The summed E-state index contributed by atoms with van der Waals surface area (Å²) in [6, 6.07) is 0.821. The standard InChI is InChI=1S/C11H12F3N3O/c12-11(13,14)8-4-9(15)17-5-7(8)6-1-2-16-10(18)3-6/h4-6H,1-3H2,(H2,15,17)(H,16,18)/t6-/m0/s1. The summed E-state index contributed by atoms with van der Waals surface area (Å²) in [6.07, 6.45) is -2.84. The number of piperidine rings is 1. The summed E-state index contributed by atoms with van der Waals surface area (Å²) in [5, 5.41) is 2.59. The number of nitrogens with zero attached hydrogens (tertiary/aromatic N) is 1. The summed E-state index contributed by atoms with van der Waals surface area (Å²) in [5.74, 6) is -0.869. The molecule has 0 aliphatic carbocycles. The van der Waals surface area contributed by atoms with E-state index in [1.54, 1.807) is 0 Å². The van der Waals surface area contributed by atoms with Gasteiger partial charge in [-0.15, -0.1) is 0 Å². The summed E-state index contributed by atoms with van der Waals surface area (Å²) in [7, 11) is 0. The van der Waals surface area contributed by atoms with Gasteiger partial charge in [0.2, 0.25) is 5.91 Å². The molecule has 1 amide bonds. The number of carbonyl (C=O) groups excluding carboxylic acids is 1. The highest BCUT2D eigenvalue weighted by Crippen LogP contribution is 2.38. The first-order valence-electron chi connectivity index (χ1n) is 5.47. The summed E-state index contributed by atoms with van der Waals surface area (Å²) in [4.78, 5) is 14.9. The van der Waals surface area contributed by atoms with Gasteiger partial charge in [-0.05, 0) is 24.0 Å². The van der Waals surface area contributed by atoms with Gasteiger partial charge in [0, 0.05) is 19.2 Å². The lowest BCUT2D eigenvalue weighted by Gasteiger charge is -2.25. The third kappa shape index (κ3) is 2.55. The van der Waals surface area contributed by atoms with E-state index < -0.39 is 17.7 Å². The van der Waals surface area contributed by atoms with E-state index in [0.29, 0.717) is 13.0 Å². The lowest BCUT2D eigenvalue weighted by molar-refractivity contribution is -0.138. The van der Waals surface area contributed by atoms with Gasteiger partial charge in [0.15, 0.2) is 0 Å². The molecule has 1 fully saturated rings. The van der Waals surface area contributed by atoms with Gasteiger partial charge in [-0.25, -0.2) is 4.98 Å². The van der Waals surface area contributed by atoms with Crippen LogP contribution in [0.3, 0.4) is 0 Å². The highest BCUT2D eigenvalue weighted by atomic mass is 19.4. The van der Waals surface area contributed by atoms with Crippen molar-refractivity contribution in [2.45, 2.75) is 24.9 Å². The number of hydrogen-bond donors (Lipinski definition) is 2. The lowest BCUT2D eigenvalue weighted by atomic mass is 9.88. The smallest absolute Gasteiger partial charge is 0.384 e. The Kier molecular flexibility index (Phi) is 3.14. The molecule has 3 N–H and O–H groups in total. The lowest BCUT2D eigenvalue weighted by Crippen LogP contribution is -2.33. The van der Waals surface area contributed by atoms with Gasteiger partial charge < -0.3 is 11.1 Å². The summed E-state index contributed by atoms with van der Waals surface area (Å²) in [5.41, 5.74) is 4.54. The second kappa shape index (κ2) is 4.47. The molecule has 7 heteroatoms. The minimum Gasteiger partial charge on any atom is -0.384 e. The molecule has 1 aliphatic rings. The van der Waals surface area contributed by atoms with E-state index in [4.69, 9.17) is 5.73 Å². The quantitative estimate of drug-likeness (QED) is 0.806. The predicted molar refractivity (Wildman–Crippen MR) is 58.6 cm³/mol. The van der Waals surface area contributed by atoms with Crippen LogP contribution in [-0.4, -0.2) is 17.4 Å². The molecule has 0 radical (unpaired) electrons. The van der Waals surface area contributed by atoms with Gasteiger partial charge >= 0.3 is 6.18 Å². The van der Waals surface area contributed by atoms with Crippen molar-refractivity contribution in [3.05, 3.63) is 23.4 Å². The number of pyridine rings is 1. The molecule has 2 heterocycles. The first kappa shape index (κ1) is 12.7. The number of aromatic nitrogens is 1. The summed E-state index contributed by atoms with van der Waals surface area (Å²) in [6.45, 7) is 0.380. The maximum atomic E-state index is 12.9. The minimum atomic E-state index is -4.49. The number of hydrogen-bond acceptors (Lipinski definition) is 3. The van der Waals surface area contributed by atoms with E-state index in [1.807, 2.05) is 0 Å². The maximum absolute atomic E-state index is 12.9. The summed E-state index contributed by atoms with van der Waals surface area (Å²) >= 11 is 0. The number of carbonyl (C=O) groups is 1. The topological polar surface area (TPSA) is 68.0 Å². The molecule has 1 aromatic rings. The third-order valence-corrected chi connectivity index (χ3v) is 2.95. The fourth-order valence-corrected chi connectivity index (χ4v) is 2.10. The molecular formula is C11H12F3N3O. The van der Waals surface area contributed by atoms with E-state index in [1.165, 1.54) is 0 Å². The van der Waals surface area contributed by atoms with Crippen LogP contribution in [0.4, 0.5) is 19.0 Å². The monoisotopic (exact) mass is 259 g/mol. The number of halogens is 3. The van der Waals surface area contributed by atoms with Crippen molar-refractivity contribution < 1.29 is 18.0 Å². The van der Waals surface area contributed by atoms with Crippen LogP contribution in [0.1, 0.15) is 29.9 Å². The fraction of sp³-hybridized carbons (Fsp3) is 0.455. The second-order valence-electron chi connectivity index (χ2n) is 4.23. The van der Waals surface area contributed by atoms with Crippen molar-refractivity contribution in [2.24, 2.45) is 0 Å². The Morgan fingerprint density at radius 2 is 2.17 bits per heavy atom. The third-order valence-electron chi connectivity index (χ3n) is 2.95. The first-order valence-corrected chi connectivity index (χ1v) is 5.47. The zero-order chi connectivity index (χ0) is 13.3. The Labute approximate surface area is 101 Å². The van der Waals surface area contributed by atoms with E-state index in [0.717, 1.165) is 12.3 Å². The largest absolute Gasteiger partial charge is 0.416 e. The zero-order valence-corrected chi connectivity index (χ0v) is 9.42. The molecule has 0 bridgehead atoms. The van der Waals surface area contributed by atoms with Crippen molar-refractivity contribution >= 4 is 11.7 Å². The molecule has 4 nitrogen and oxygen atoms in total. The average molecular weight is 259 g/mol. The number of nitrogen functional groups attached to an aromatic ring is 1. The molecule has 1 aromatic heterocycles. The zero-order valence-electron chi connectivity index (χ0n) is 9.42. The molecule has 1 aliphatic heterocycles. The number of nitrogens with two attached hydrogens (primary N) is 1. The molecule has 98 valence electrons. The number of rotatable bonds is 1. The number of amides is 1. The van der Waals surface area contributed by atoms with E-state index in [-0.39, 0.29) is 23.7 Å². The molecule has 0 aromatic carbocycles. The van der Waals surface area contributed by atoms with Gasteiger partial charge in [0.05, 0.1) is 5.56 Å². The van der Waals surface area contributed by atoms with Crippen LogP contribution in [0.15, 0.2) is 12.3 Å². The van der Waals surface area contributed by atoms with Gasteiger partial charge in [0.1, 0.15) is 5.82 Å². The van der Waals surface area contributed by atoms with E-state index in [9.17, 15) is 18.0 Å². The summed E-state index contributed by atoms with van der Waals surface area (Å²) < 4.78 is 38.7. The van der Waals surface area contributed by atoms with Crippen LogP contribution in [0, 0.1) is 0 Å². The predicted octanol–water partition coefficient (Wildman–Crippen LogP) is 1.68. The first-order chi connectivity index (χ1) is 8.38. The normalized spacial score (nSPS) is 20.6. The van der Waals surface area contributed by atoms with Crippen LogP contribution in [0.5, 0.6) is 0 Å². The average Bonchev–Trinajstić information content (AvgIpc) is 2.27. The second-order valence-corrected chi connectivity index (χ2v) is 4.23. The maximum Gasteiger partial charge on any atom is 0.416 e. The molecular weight excluding hydrogens is 247 g/mol. The fourth-order valence-electron chi connectivity index (χ4n) is 2.10. The number of alkyl halides is 3. The Morgan fingerprint density at radius 3 is 2.78 bits per heavy atom. The van der Waals surface area contributed by atoms with Gasteiger partial charge in [0.25, 0.3) is 0 Å². The van der Waals surface area contributed by atoms with Crippen LogP contribution in [0.25, 0.3) is 0 Å². The van der Waals surface area contributed by atoms with Gasteiger partial charge in [-0.3, -0.25) is 4.79 Å². The Balaban J connectivity index is 2.40. The van der Waals surface area contributed by atoms with Crippen molar-refractivity contribution in [3.8, 4) is 0 Å². The molecule has 0 spiro atoms. The number of anilines is 1. The molecule has 0 unspecified atom stereocenters. The molecule has 2 rings (SSSR count). The van der Waals surface area contributed by atoms with Crippen molar-refractivity contribution in [2.75, 3.05) is 12.3 Å². The Hall–Kier alpha value is -1.79. The van der Waals surface area contributed by atoms with Crippen molar-refractivity contribution in [3.63, 3.8) is 0 Å². The number of nitrogens with one attached hydrogen (secondary N) is 1. The molecule has 0 saturated carbocycles. The molecule has 1 saturated heterocycles. The van der Waals surface area contributed by atoms with Gasteiger partial charge in [-0.2, -0.15) is 13.2 Å². The van der Waals surface area contributed by atoms with Crippen molar-refractivity contribution in [1.29, 1.82) is 0 Å². The molecule has 1 atom stereocenters. The molecule has 18 heavy (non-hydrogen) atoms.